The van der Waals surface area contributed by atoms with Crippen LogP contribution in [0, 0.1) is 0 Å². The highest BCUT2D eigenvalue weighted by atomic mass is 13.9. The highest BCUT2D eigenvalue weighted by Crippen LogP contribution is 2.03. The molecule has 0 radical (unpaired) electrons. The molecule has 0 heterocycles. The van der Waals surface area contributed by atoms with Gasteiger partial charge in [-0.3, -0.25) is 0 Å². The fraction of sp³-hybridized carbons (Fsp3) is 0.500. The van der Waals surface area contributed by atoms with Crippen molar-refractivity contribution in [2.45, 2.75) is 38.5 Å². The zero-order chi connectivity index (χ0) is 8.49. The lowest BCUT2D eigenvalue weighted by atomic mass is 10.1. The number of hydrogen-bond donors (Lipinski definition) is 0. The van der Waals surface area contributed by atoms with Crippen LogP contribution < -0.4 is 0 Å². The van der Waals surface area contributed by atoms with Gasteiger partial charge in [0.05, 0.1) is 0 Å². The molecule has 1 rings (SSSR count). The molecule has 12 heavy (non-hydrogen) atoms. The smallest absolute Gasteiger partial charge is 0.0345 e. The summed E-state index contributed by atoms with van der Waals surface area (Å²) in [4.78, 5) is 0. The lowest BCUT2D eigenvalue weighted by Gasteiger charge is -1.93. The van der Waals surface area contributed by atoms with Crippen LogP contribution in [0.4, 0.5) is 0 Å². The first-order valence-electron chi connectivity index (χ1n) is 4.97. The monoisotopic (exact) mass is 162 g/mol. The summed E-state index contributed by atoms with van der Waals surface area (Å²) in [6.45, 7) is 0. The lowest BCUT2D eigenvalue weighted by Crippen LogP contribution is -1.73. The van der Waals surface area contributed by atoms with Crippen molar-refractivity contribution < 1.29 is 0 Å². The molecule has 0 heteroatoms. The van der Waals surface area contributed by atoms with E-state index in [0.29, 0.717) is 0 Å². The maximum absolute atomic E-state index is 2.32. The summed E-state index contributed by atoms with van der Waals surface area (Å²) >= 11 is 0. The summed E-state index contributed by atoms with van der Waals surface area (Å²) in [6, 6.07) is 0. The third-order valence-corrected chi connectivity index (χ3v) is 2.03. The van der Waals surface area contributed by atoms with Crippen LogP contribution in [0.2, 0.25) is 0 Å². The molecule has 0 N–H and O–H groups in total. The summed E-state index contributed by atoms with van der Waals surface area (Å²) < 4.78 is 0. The molecule has 0 nitrogen and oxygen atoms in total. The minimum absolute atomic E-state index is 1.22. The molecule has 1 aliphatic rings. The molecule has 66 valence electrons. The van der Waals surface area contributed by atoms with Gasteiger partial charge in [-0.2, -0.15) is 0 Å². The van der Waals surface area contributed by atoms with E-state index in [9.17, 15) is 0 Å². The Morgan fingerprint density at radius 1 is 0.500 bits per heavy atom. The fourth-order valence-corrected chi connectivity index (χ4v) is 1.29. The lowest BCUT2D eigenvalue weighted by molar-refractivity contribution is 0.838. The molecule has 0 aromatic rings. The van der Waals surface area contributed by atoms with Crippen molar-refractivity contribution in [2.24, 2.45) is 0 Å². The van der Waals surface area contributed by atoms with Gasteiger partial charge in [0.25, 0.3) is 0 Å². The molecule has 0 aromatic heterocycles. The van der Waals surface area contributed by atoms with Crippen LogP contribution in [0.15, 0.2) is 36.5 Å². The molecule has 0 aromatic carbocycles. The number of allylic oxidation sites excluding steroid dienone is 6. The quantitative estimate of drug-likeness (QED) is 0.472. The normalized spacial score (nSPS) is 28.0. The Bertz CT molecular complexity index is 152. The van der Waals surface area contributed by atoms with Crippen molar-refractivity contribution in [3.63, 3.8) is 0 Å². The van der Waals surface area contributed by atoms with Gasteiger partial charge in [0.2, 0.25) is 0 Å². The summed E-state index contributed by atoms with van der Waals surface area (Å²) in [6.07, 6.45) is 21.0. The first-order valence-corrected chi connectivity index (χ1v) is 4.97. The molecular formula is C12H18. The maximum atomic E-state index is 2.32. The molecule has 0 unspecified atom stereocenters. The molecule has 0 saturated carbocycles. The van der Waals surface area contributed by atoms with E-state index in [2.05, 4.69) is 36.5 Å². The molecule has 0 atom stereocenters. The zero-order valence-corrected chi connectivity index (χ0v) is 7.71. The van der Waals surface area contributed by atoms with E-state index in [0.717, 1.165) is 0 Å². The van der Waals surface area contributed by atoms with Crippen LogP contribution in [-0.2, 0) is 0 Å². The second-order valence-electron chi connectivity index (χ2n) is 3.19. The summed E-state index contributed by atoms with van der Waals surface area (Å²) in [5.41, 5.74) is 0. The second kappa shape index (κ2) is 6.90. The molecule has 0 bridgehead atoms. The largest absolute Gasteiger partial charge is 0.0885 e. The summed E-state index contributed by atoms with van der Waals surface area (Å²) in [5, 5.41) is 0. The Kier molecular flexibility index (Phi) is 5.35. The molecule has 0 aliphatic heterocycles. The van der Waals surface area contributed by atoms with E-state index < -0.39 is 0 Å². The van der Waals surface area contributed by atoms with Gasteiger partial charge >= 0.3 is 0 Å². The van der Waals surface area contributed by atoms with Gasteiger partial charge in [-0.1, -0.05) is 36.5 Å². The maximum Gasteiger partial charge on any atom is -0.0345 e. The minimum Gasteiger partial charge on any atom is -0.0885 e. The molecule has 0 saturated heterocycles. The van der Waals surface area contributed by atoms with Gasteiger partial charge in [0.1, 0.15) is 0 Å². The second-order valence-corrected chi connectivity index (χ2v) is 3.19. The topological polar surface area (TPSA) is 0 Å². The van der Waals surface area contributed by atoms with E-state index in [1.54, 1.807) is 0 Å². The van der Waals surface area contributed by atoms with Crippen LogP contribution in [0.5, 0.6) is 0 Å². The Hall–Kier alpha value is -0.780. The standard InChI is InChI=1S/C12H18/c1-2-4-6-8-10-12-11-9-7-5-3-1/h1-4,11-12H,5-10H2/b3-1-,4-2+,12-11-. The van der Waals surface area contributed by atoms with Gasteiger partial charge in [-0.15, -0.1) is 0 Å². The molecule has 0 amide bonds. The summed E-state index contributed by atoms with van der Waals surface area (Å²) in [5.74, 6) is 0. The van der Waals surface area contributed by atoms with E-state index in [4.69, 9.17) is 0 Å². The molecule has 0 fully saturated rings. The Balaban J connectivity index is 2.30. The van der Waals surface area contributed by atoms with E-state index in [1.807, 2.05) is 0 Å². The van der Waals surface area contributed by atoms with Crippen LogP contribution >= 0.6 is 0 Å². The van der Waals surface area contributed by atoms with Gasteiger partial charge in [0.15, 0.2) is 0 Å². The van der Waals surface area contributed by atoms with Crippen LogP contribution in [0.3, 0.4) is 0 Å². The minimum atomic E-state index is 1.22. The van der Waals surface area contributed by atoms with Gasteiger partial charge < -0.3 is 0 Å². The fourth-order valence-electron chi connectivity index (χ4n) is 1.29. The van der Waals surface area contributed by atoms with E-state index >= 15 is 0 Å². The highest BCUT2D eigenvalue weighted by molar-refractivity contribution is 5.02. The van der Waals surface area contributed by atoms with Crippen LogP contribution in [0.1, 0.15) is 38.5 Å². The third-order valence-electron chi connectivity index (χ3n) is 2.03. The van der Waals surface area contributed by atoms with Gasteiger partial charge in [0, 0.05) is 0 Å². The predicted molar refractivity (Wildman–Crippen MR) is 55.1 cm³/mol. The number of hydrogen-bond acceptors (Lipinski definition) is 0. The SMILES string of the molecule is C1=C\CCC/C=C\CCC/C=C/1. The predicted octanol–water partition coefficient (Wildman–Crippen LogP) is 4.01. The first-order chi connectivity index (χ1) is 6.00. The van der Waals surface area contributed by atoms with E-state index in [-0.39, 0.29) is 0 Å². The van der Waals surface area contributed by atoms with Crippen molar-refractivity contribution >= 4 is 0 Å². The van der Waals surface area contributed by atoms with E-state index in [1.165, 1.54) is 38.5 Å². The van der Waals surface area contributed by atoms with Crippen LogP contribution in [-0.4, -0.2) is 0 Å². The van der Waals surface area contributed by atoms with Crippen molar-refractivity contribution in [2.75, 3.05) is 0 Å². The van der Waals surface area contributed by atoms with Gasteiger partial charge in [-0.25, -0.2) is 0 Å². The van der Waals surface area contributed by atoms with Crippen molar-refractivity contribution in [3.05, 3.63) is 36.5 Å². The Morgan fingerprint density at radius 2 is 0.917 bits per heavy atom. The zero-order valence-electron chi connectivity index (χ0n) is 7.71. The van der Waals surface area contributed by atoms with Crippen molar-refractivity contribution in [1.29, 1.82) is 0 Å². The Morgan fingerprint density at radius 3 is 1.42 bits per heavy atom. The third kappa shape index (κ3) is 4.95. The Labute approximate surface area is 75.7 Å². The van der Waals surface area contributed by atoms with Crippen LogP contribution in [0.25, 0.3) is 0 Å². The average molecular weight is 162 g/mol. The molecule has 1 aliphatic carbocycles. The van der Waals surface area contributed by atoms with Crippen molar-refractivity contribution in [3.8, 4) is 0 Å². The molecule has 0 spiro atoms. The average Bonchev–Trinajstić information content (AvgIpc) is 2.05. The molecular weight excluding hydrogens is 144 g/mol. The highest BCUT2D eigenvalue weighted by Gasteiger charge is 1.83. The van der Waals surface area contributed by atoms with Gasteiger partial charge in [-0.05, 0) is 38.5 Å². The van der Waals surface area contributed by atoms with Crippen molar-refractivity contribution in [1.82, 2.24) is 0 Å². The number of rotatable bonds is 0. The summed E-state index contributed by atoms with van der Waals surface area (Å²) in [7, 11) is 0. The first kappa shape index (κ1) is 9.31.